The summed E-state index contributed by atoms with van der Waals surface area (Å²) in [6.45, 7) is 4.66. The lowest BCUT2D eigenvalue weighted by molar-refractivity contribution is 0.220. The number of hydrogen-bond donors (Lipinski definition) is 0. The summed E-state index contributed by atoms with van der Waals surface area (Å²) in [5.41, 5.74) is 1.37. The Balaban J connectivity index is 1.72. The van der Waals surface area contributed by atoms with Crippen molar-refractivity contribution in [1.82, 2.24) is 9.21 Å². The lowest BCUT2D eigenvalue weighted by Crippen LogP contribution is -2.48. The lowest BCUT2D eigenvalue weighted by atomic mass is 10.1. The molecule has 0 amide bonds. The summed E-state index contributed by atoms with van der Waals surface area (Å²) >= 11 is 0. The Morgan fingerprint density at radius 1 is 1.20 bits per heavy atom. The number of piperazine rings is 1. The van der Waals surface area contributed by atoms with E-state index < -0.39 is 15.5 Å². The zero-order valence-corrected chi connectivity index (χ0v) is 12.6. The van der Waals surface area contributed by atoms with Crippen molar-refractivity contribution in [2.45, 2.75) is 18.5 Å². The van der Waals surface area contributed by atoms with Crippen LogP contribution >= 0.6 is 0 Å². The maximum absolute atomic E-state index is 12.5. The largest absolute Gasteiger partial charge is 0.346 e. The summed E-state index contributed by atoms with van der Waals surface area (Å²) in [4.78, 5) is 2.14. The molecule has 3 rings (SSSR count). The summed E-state index contributed by atoms with van der Waals surface area (Å²) in [7, 11) is -1.33. The van der Waals surface area contributed by atoms with Crippen LogP contribution < -0.4 is 0 Å². The van der Waals surface area contributed by atoms with Crippen LogP contribution in [0.15, 0.2) is 24.3 Å². The molecule has 110 valence electrons. The summed E-state index contributed by atoms with van der Waals surface area (Å²) < 4.78 is 32.0. The van der Waals surface area contributed by atoms with Gasteiger partial charge in [-0.15, -0.1) is 0 Å². The van der Waals surface area contributed by atoms with Gasteiger partial charge < -0.3 is 9.64 Å². The molecule has 0 spiro atoms. The first kappa shape index (κ1) is 14.0. The first-order valence-electron chi connectivity index (χ1n) is 6.88. The van der Waals surface area contributed by atoms with Crippen molar-refractivity contribution in [3.63, 3.8) is 0 Å². The standard InChI is InChI=1S/C14H20N2O3S/c1-11-4-3-5-12(10-11)13-14(19-13)20(17,18)16-8-6-15(2)7-9-16/h3-5,10,13-14H,6-9H2,1-2H3. The van der Waals surface area contributed by atoms with E-state index in [0.29, 0.717) is 13.1 Å². The molecule has 0 aromatic heterocycles. The average molecular weight is 296 g/mol. The maximum atomic E-state index is 12.5. The van der Waals surface area contributed by atoms with Crippen molar-refractivity contribution in [1.29, 1.82) is 0 Å². The van der Waals surface area contributed by atoms with E-state index in [1.807, 2.05) is 38.2 Å². The number of aryl methyl sites for hydroxylation is 1. The first-order valence-corrected chi connectivity index (χ1v) is 8.38. The molecule has 2 fully saturated rings. The van der Waals surface area contributed by atoms with Crippen LogP contribution in [0.2, 0.25) is 0 Å². The fourth-order valence-corrected chi connectivity index (χ4v) is 4.29. The average Bonchev–Trinajstić information content (AvgIpc) is 3.20. The number of ether oxygens (including phenoxy) is 1. The minimum Gasteiger partial charge on any atom is -0.346 e. The van der Waals surface area contributed by atoms with Crippen LogP contribution in [0.5, 0.6) is 0 Å². The van der Waals surface area contributed by atoms with Gasteiger partial charge in [0.15, 0.2) is 0 Å². The van der Waals surface area contributed by atoms with Gasteiger partial charge in [0.2, 0.25) is 15.5 Å². The number of hydrogen-bond acceptors (Lipinski definition) is 4. The van der Waals surface area contributed by atoms with Crippen LogP contribution in [0.3, 0.4) is 0 Å². The highest BCUT2D eigenvalue weighted by Gasteiger charge is 2.52. The second kappa shape index (κ2) is 5.11. The van der Waals surface area contributed by atoms with E-state index in [-0.39, 0.29) is 6.10 Å². The van der Waals surface area contributed by atoms with Crippen LogP contribution in [0.1, 0.15) is 17.2 Å². The van der Waals surface area contributed by atoms with E-state index in [0.717, 1.165) is 24.2 Å². The molecule has 2 atom stereocenters. The van der Waals surface area contributed by atoms with Crippen molar-refractivity contribution in [3.05, 3.63) is 35.4 Å². The maximum Gasteiger partial charge on any atom is 0.244 e. The van der Waals surface area contributed by atoms with Crippen LogP contribution in [0, 0.1) is 6.92 Å². The summed E-state index contributed by atoms with van der Waals surface area (Å²) in [5.74, 6) is 0. The molecule has 5 nitrogen and oxygen atoms in total. The zero-order valence-electron chi connectivity index (χ0n) is 11.8. The van der Waals surface area contributed by atoms with Gasteiger partial charge >= 0.3 is 0 Å². The molecule has 1 aromatic rings. The molecule has 0 aliphatic carbocycles. The monoisotopic (exact) mass is 296 g/mol. The van der Waals surface area contributed by atoms with Crippen molar-refractivity contribution in [3.8, 4) is 0 Å². The molecule has 20 heavy (non-hydrogen) atoms. The fourth-order valence-electron chi connectivity index (χ4n) is 2.60. The van der Waals surface area contributed by atoms with Gasteiger partial charge in [0.25, 0.3) is 0 Å². The Morgan fingerprint density at radius 3 is 2.55 bits per heavy atom. The highest BCUT2D eigenvalue weighted by atomic mass is 32.2. The molecular weight excluding hydrogens is 276 g/mol. The van der Waals surface area contributed by atoms with Crippen molar-refractivity contribution >= 4 is 10.0 Å². The Kier molecular flexibility index (Phi) is 3.58. The van der Waals surface area contributed by atoms with Gasteiger partial charge in [-0.25, -0.2) is 8.42 Å². The molecule has 2 aliphatic rings. The number of sulfonamides is 1. The SMILES string of the molecule is Cc1cccc(C2OC2S(=O)(=O)N2CCN(C)CC2)c1. The van der Waals surface area contributed by atoms with E-state index >= 15 is 0 Å². The molecule has 6 heteroatoms. The van der Waals surface area contributed by atoms with Crippen LogP contribution in [0.4, 0.5) is 0 Å². The predicted octanol–water partition coefficient (Wildman–Crippen LogP) is 0.970. The van der Waals surface area contributed by atoms with E-state index in [1.54, 1.807) is 4.31 Å². The third-order valence-electron chi connectivity index (χ3n) is 3.94. The molecule has 2 heterocycles. The first-order chi connectivity index (χ1) is 9.48. The number of rotatable bonds is 3. The second-order valence-corrected chi connectivity index (χ2v) is 7.60. The zero-order chi connectivity index (χ0) is 14.3. The minimum atomic E-state index is -3.34. The Labute approximate surface area is 120 Å². The minimum absolute atomic E-state index is 0.306. The number of nitrogens with zero attached hydrogens (tertiary/aromatic N) is 2. The predicted molar refractivity (Wildman–Crippen MR) is 76.8 cm³/mol. The van der Waals surface area contributed by atoms with Crippen LogP contribution in [0.25, 0.3) is 0 Å². The van der Waals surface area contributed by atoms with Crippen molar-refractivity contribution < 1.29 is 13.2 Å². The van der Waals surface area contributed by atoms with Crippen molar-refractivity contribution in [2.24, 2.45) is 0 Å². The quantitative estimate of drug-likeness (QED) is 0.780. The van der Waals surface area contributed by atoms with E-state index in [9.17, 15) is 8.42 Å². The summed E-state index contributed by atoms with van der Waals surface area (Å²) in [6.07, 6.45) is -0.306. The molecule has 1 aromatic carbocycles. The summed E-state index contributed by atoms with van der Waals surface area (Å²) in [6, 6.07) is 7.85. The molecule has 2 aliphatic heterocycles. The molecule has 0 N–H and O–H groups in total. The van der Waals surface area contributed by atoms with Crippen LogP contribution in [-0.4, -0.2) is 56.3 Å². The molecule has 2 saturated heterocycles. The highest BCUT2D eigenvalue weighted by molar-refractivity contribution is 7.89. The van der Waals surface area contributed by atoms with Gasteiger partial charge in [0.1, 0.15) is 6.10 Å². The number of epoxide rings is 1. The lowest BCUT2D eigenvalue weighted by Gasteiger charge is -2.31. The van der Waals surface area contributed by atoms with Gasteiger partial charge in [-0.2, -0.15) is 4.31 Å². The third-order valence-corrected chi connectivity index (χ3v) is 5.97. The smallest absolute Gasteiger partial charge is 0.244 e. The van der Waals surface area contributed by atoms with Gasteiger partial charge in [-0.1, -0.05) is 29.8 Å². The van der Waals surface area contributed by atoms with Gasteiger partial charge in [-0.05, 0) is 19.5 Å². The number of benzene rings is 1. The van der Waals surface area contributed by atoms with Gasteiger partial charge in [0.05, 0.1) is 0 Å². The molecular formula is C14H20N2O3S. The Hall–Kier alpha value is -0.950. The molecule has 0 bridgehead atoms. The molecule has 0 saturated carbocycles. The third kappa shape index (κ3) is 2.61. The van der Waals surface area contributed by atoms with Crippen LogP contribution in [-0.2, 0) is 14.8 Å². The topological polar surface area (TPSA) is 53.2 Å². The highest BCUT2D eigenvalue weighted by Crippen LogP contribution is 2.43. The normalized spacial score (nSPS) is 28.5. The second-order valence-electron chi connectivity index (χ2n) is 5.59. The van der Waals surface area contributed by atoms with Crippen molar-refractivity contribution in [2.75, 3.05) is 33.2 Å². The Bertz CT molecular complexity index is 594. The fraction of sp³-hybridized carbons (Fsp3) is 0.571. The van der Waals surface area contributed by atoms with E-state index in [2.05, 4.69) is 4.90 Å². The Morgan fingerprint density at radius 2 is 1.90 bits per heavy atom. The molecule has 0 radical (unpaired) electrons. The summed E-state index contributed by atoms with van der Waals surface area (Å²) in [5, 5.41) is 0. The van der Waals surface area contributed by atoms with Gasteiger partial charge in [-0.3, -0.25) is 0 Å². The van der Waals surface area contributed by atoms with Gasteiger partial charge in [0, 0.05) is 26.2 Å². The molecule has 2 unspecified atom stereocenters. The van der Waals surface area contributed by atoms with E-state index in [1.165, 1.54) is 0 Å². The number of likely N-dealkylation sites (N-methyl/N-ethyl adjacent to an activating group) is 1. The van der Waals surface area contributed by atoms with E-state index in [4.69, 9.17) is 4.74 Å².